The van der Waals surface area contributed by atoms with Gasteiger partial charge in [-0.3, -0.25) is 4.90 Å². The third kappa shape index (κ3) is 5.02. The van der Waals surface area contributed by atoms with Gasteiger partial charge < -0.3 is 9.64 Å². The van der Waals surface area contributed by atoms with E-state index < -0.39 is 0 Å². The van der Waals surface area contributed by atoms with Gasteiger partial charge in [-0.1, -0.05) is 48.5 Å². The monoisotopic (exact) mass is 392 g/mol. The second-order valence-corrected chi connectivity index (χ2v) is 9.09. The number of hydrogen-bond acceptors (Lipinski definition) is 3. The van der Waals surface area contributed by atoms with Crippen LogP contribution in [0.4, 0.5) is 5.69 Å². The molecule has 156 valence electrons. The van der Waals surface area contributed by atoms with Crippen LogP contribution in [0.25, 0.3) is 0 Å². The van der Waals surface area contributed by atoms with E-state index in [1.807, 2.05) is 0 Å². The Kier molecular flexibility index (Phi) is 6.56. The van der Waals surface area contributed by atoms with Crippen molar-refractivity contribution in [1.29, 1.82) is 0 Å². The van der Waals surface area contributed by atoms with Gasteiger partial charge in [0.15, 0.2) is 0 Å². The average molecular weight is 393 g/mol. The molecule has 4 rings (SSSR count). The lowest BCUT2D eigenvalue weighted by molar-refractivity contribution is -0.175. The van der Waals surface area contributed by atoms with E-state index in [0.717, 1.165) is 26.1 Å². The molecule has 2 heterocycles. The Morgan fingerprint density at radius 3 is 2.59 bits per heavy atom. The average Bonchev–Trinajstić information content (AvgIpc) is 2.75. The summed E-state index contributed by atoms with van der Waals surface area (Å²) in [6.07, 6.45) is 6.30. The lowest BCUT2D eigenvalue weighted by Crippen LogP contribution is -2.54. The third-order valence-corrected chi connectivity index (χ3v) is 6.83. The molecule has 0 aromatic heterocycles. The Labute approximate surface area is 176 Å². The van der Waals surface area contributed by atoms with Gasteiger partial charge in [0.25, 0.3) is 0 Å². The SMILES string of the molecule is Cc1ccccc1N1CCCC(CN2CCCCC2(C)OCc2ccccc2)C1. The van der Waals surface area contributed by atoms with Crippen LogP contribution in [0.3, 0.4) is 0 Å². The van der Waals surface area contributed by atoms with Crippen LogP contribution in [-0.4, -0.2) is 36.8 Å². The van der Waals surface area contributed by atoms with Gasteiger partial charge in [0, 0.05) is 31.9 Å². The van der Waals surface area contributed by atoms with E-state index in [4.69, 9.17) is 4.74 Å². The maximum Gasteiger partial charge on any atom is 0.119 e. The molecular formula is C26H36N2O. The van der Waals surface area contributed by atoms with E-state index in [-0.39, 0.29) is 5.72 Å². The minimum Gasteiger partial charge on any atom is -0.371 e. The molecule has 2 aromatic rings. The smallest absolute Gasteiger partial charge is 0.119 e. The molecule has 2 aliphatic rings. The Bertz CT molecular complexity index is 777. The standard InChI is InChI=1S/C26H36N2O/c1-22-11-6-7-15-25(22)27-17-10-14-24(19-27)20-28-18-9-8-16-26(28,2)29-21-23-12-4-3-5-13-23/h3-7,11-13,15,24H,8-10,14,16-21H2,1-2H3. The van der Waals surface area contributed by atoms with Gasteiger partial charge in [-0.2, -0.15) is 0 Å². The Hall–Kier alpha value is -1.84. The van der Waals surface area contributed by atoms with Crippen molar-refractivity contribution >= 4 is 5.69 Å². The van der Waals surface area contributed by atoms with Crippen LogP contribution in [0.1, 0.15) is 50.2 Å². The predicted molar refractivity (Wildman–Crippen MR) is 121 cm³/mol. The summed E-state index contributed by atoms with van der Waals surface area (Å²) in [7, 11) is 0. The first-order valence-electron chi connectivity index (χ1n) is 11.4. The molecular weight excluding hydrogens is 356 g/mol. The van der Waals surface area contributed by atoms with E-state index in [0.29, 0.717) is 12.5 Å². The van der Waals surface area contributed by atoms with Crippen LogP contribution in [0.15, 0.2) is 54.6 Å². The number of benzene rings is 2. The number of nitrogens with zero attached hydrogens (tertiary/aromatic N) is 2. The van der Waals surface area contributed by atoms with Gasteiger partial charge in [-0.05, 0) is 69.1 Å². The molecule has 29 heavy (non-hydrogen) atoms. The fourth-order valence-corrected chi connectivity index (χ4v) is 5.07. The second kappa shape index (κ2) is 9.32. The molecule has 0 saturated carbocycles. The number of para-hydroxylation sites is 1. The highest BCUT2D eigenvalue weighted by molar-refractivity contribution is 5.53. The first-order valence-corrected chi connectivity index (χ1v) is 11.4. The van der Waals surface area contributed by atoms with Crippen LogP contribution in [0, 0.1) is 12.8 Å². The minimum absolute atomic E-state index is 0.140. The zero-order chi connectivity index (χ0) is 20.1. The summed E-state index contributed by atoms with van der Waals surface area (Å²) in [4.78, 5) is 5.25. The molecule has 0 spiro atoms. The van der Waals surface area contributed by atoms with Crippen LogP contribution in [-0.2, 0) is 11.3 Å². The van der Waals surface area contributed by atoms with Crippen molar-refractivity contribution in [1.82, 2.24) is 4.90 Å². The molecule has 0 radical (unpaired) electrons. The Morgan fingerprint density at radius 1 is 0.966 bits per heavy atom. The van der Waals surface area contributed by atoms with Crippen molar-refractivity contribution in [3.63, 3.8) is 0 Å². The molecule has 3 nitrogen and oxygen atoms in total. The van der Waals surface area contributed by atoms with Crippen molar-refractivity contribution in [2.75, 3.05) is 31.1 Å². The normalized spacial score (nSPS) is 25.9. The minimum atomic E-state index is -0.140. The summed E-state index contributed by atoms with van der Waals surface area (Å²) in [5.41, 5.74) is 3.93. The number of hydrogen-bond donors (Lipinski definition) is 0. The zero-order valence-electron chi connectivity index (χ0n) is 18.1. The number of rotatable bonds is 6. The summed E-state index contributed by atoms with van der Waals surface area (Å²) in [5.74, 6) is 0.709. The van der Waals surface area contributed by atoms with Crippen LogP contribution in [0.2, 0.25) is 0 Å². The molecule has 0 amide bonds. The molecule has 2 aliphatic heterocycles. The van der Waals surface area contributed by atoms with Gasteiger partial charge in [0.05, 0.1) is 6.61 Å². The molecule has 2 atom stereocenters. The number of likely N-dealkylation sites (tertiary alicyclic amines) is 1. The largest absolute Gasteiger partial charge is 0.371 e. The summed E-state index contributed by atoms with van der Waals surface area (Å²) >= 11 is 0. The first kappa shape index (κ1) is 20.4. The van der Waals surface area contributed by atoms with Crippen molar-refractivity contribution in [3.8, 4) is 0 Å². The van der Waals surface area contributed by atoms with E-state index in [1.165, 1.54) is 49.0 Å². The van der Waals surface area contributed by atoms with Crippen molar-refractivity contribution in [2.45, 2.75) is 58.3 Å². The van der Waals surface area contributed by atoms with Gasteiger partial charge in [-0.25, -0.2) is 0 Å². The summed E-state index contributed by atoms with van der Waals surface area (Å²) < 4.78 is 6.55. The number of piperidine rings is 2. The molecule has 2 aromatic carbocycles. The third-order valence-electron chi connectivity index (χ3n) is 6.83. The molecule has 2 unspecified atom stereocenters. The number of ether oxygens (including phenoxy) is 1. The highest BCUT2D eigenvalue weighted by Crippen LogP contribution is 2.33. The number of anilines is 1. The molecule has 0 N–H and O–H groups in total. The highest BCUT2D eigenvalue weighted by Gasteiger charge is 2.37. The second-order valence-electron chi connectivity index (χ2n) is 9.09. The van der Waals surface area contributed by atoms with Crippen LogP contribution in [0.5, 0.6) is 0 Å². The van der Waals surface area contributed by atoms with Crippen LogP contribution >= 0.6 is 0 Å². The first-order chi connectivity index (χ1) is 14.1. The fourth-order valence-electron chi connectivity index (χ4n) is 5.07. The predicted octanol–water partition coefficient (Wildman–Crippen LogP) is 5.63. The van der Waals surface area contributed by atoms with E-state index in [2.05, 4.69) is 78.2 Å². The molecule has 0 aliphatic carbocycles. The summed E-state index contributed by atoms with van der Waals surface area (Å²) in [6.45, 7) is 9.90. The van der Waals surface area contributed by atoms with Crippen molar-refractivity contribution in [3.05, 3.63) is 65.7 Å². The van der Waals surface area contributed by atoms with Crippen molar-refractivity contribution < 1.29 is 4.74 Å². The maximum absolute atomic E-state index is 6.55. The Morgan fingerprint density at radius 2 is 1.76 bits per heavy atom. The van der Waals surface area contributed by atoms with Crippen LogP contribution < -0.4 is 4.90 Å². The number of aryl methyl sites for hydroxylation is 1. The quantitative estimate of drug-likeness (QED) is 0.633. The lowest BCUT2D eigenvalue weighted by Gasteiger charge is -2.47. The molecule has 3 heteroatoms. The van der Waals surface area contributed by atoms with E-state index in [1.54, 1.807) is 0 Å². The molecule has 0 bridgehead atoms. The zero-order valence-corrected chi connectivity index (χ0v) is 18.1. The topological polar surface area (TPSA) is 15.7 Å². The fraction of sp³-hybridized carbons (Fsp3) is 0.538. The molecule has 2 saturated heterocycles. The highest BCUT2D eigenvalue weighted by atomic mass is 16.5. The van der Waals surface area contributed by atoms with Gasteiger partial charge in [0.1, 0.15) is 5.72 Å². The van der Waals surface area contributed by atoms with Gasteiger partial charge >= 0.3 is 0 Å². The summed E-state index contributed by atoms with van der Waals surface area (Å²) in [6, 6.07) is 19.4. The van der Waals surface area contributed by atoms with Crippen molar-refractivity contribution in [2.24, 2.45) is 5.92 Å². The van der Waals surface area contributed by atoms with E-state index in [9.17, 15) is 0 Å². The maximum atomic E-state index is 6.55. The van der Waals surface area contributed by atoms with Gasteiger partial charge in [0.2, 0.25) is 0 Å². The van der Waals surface area contributed by atoms with E-state index >= 15 is 0 Å². The summed E-state index contributed by atoms with van der Waals surface area (Å²) in [5, 5.41) is 0. The lowest BCUT2D eigenvalue weighted by atomic mass is 9.92. The molecule has 2 fully saturated rings. The Balaban J connectivity index is 1.40. The van der Waals surface area contributed by atoms with Gasteiger partial charge in [-0.15, -0.1) is 0 Å².